The summed E-state index contributed by atoms with van der Waals surface area (Å²) >= 11 is 2.61. The molecule has 0 unspecified atom stereocenters. The Hall–Kier alpha value is -0.778. The van der Waals surface area contributed by atoms with Gasteiger partial charge in [0.05, 0.1) is 0 Å². The van der Waals surface area contributed by atoms with Crippen LogP contribution in [0.5, 0.6) is 0 Å². The van der Waals surface area contributed by atoms with Gasteiger partial charge in [-0.25, -0.2) is 0 Å². The average molecular weight is 144 g/mol. The van der Waals surface area contributed by atoms with Crippen LogP contribution in [-0.2, 0) is 0 Å². The first-order chi connectivity index (χ1) is 4.88. The molecule has 10 heavy (non-hydrogen) atoms. The summed E-state index contributed by atoms with van der Waals surface area (Å²) in [4.78, 5) is 4.01. The quantitative estimate of drug-likeness (QED) is 0.504. The molecule has 2 heterocycles. The van der Waals surface area contributed by atoms with Gasteiger partial charge in [0, 0.05) is 23.3 Å². The predicted molar refractivity (Wildman–Crippen MR) is 40.9 cm³/mol. The van der Waals surface area contributed by atoms with E-state index in [1.807, 2.05) is 22.0 Å². The minimum Gasteiger partial charge on any atom is -0.456 e. The third-order valence-electron chi connectivity index (χ3n) is 1.53. The highest BCUT2D eigenvalue weighted by molar-refractivity contribution is 6.11. The van der Waals surface area contributed by atoms with Gasteiger partial charge in [-0.2, -0.15) is 0 Å². The zero-order valence-corrected chi connectivity index (χ0v) is 6.51. The van der Waals surface area contributed by atoms with Gasteiger partial charge in [-0.3, -0.25) is 4.98 Å². The lowest BCUT2D eigenvalue weighted by Gasteiger charge is -1.93. The van der Waals surface area contributed by atoms with Crippen LogP contribution < -0.4 is 0 Å². The van der Waals surface area contributed by atoms with E-state index in [-0.39, 0.29) is 0 Å². The number of aromatic nitrogens is 2. The van der Waals surface area contributed by atoms with Gasteiger partial charge in [-0.15, -0.1) is 0 Å². The molecule has 0 bridgehead atoms. The molecule has 0 aromatic carbocycles. The third-order valence-corrected chi connectivity index (χ3v) is 1.98. The van der Waals surface area contributed by atoms with Crippen molar-refractivity contribution in [2.75, 3.05) is 0 Å². The maximum absolute atomic E-state index is 4.01. The SMILES string of the molecule is [Al][n]1ccc2ccncc21. The molecular weight excluding hydrogens is 139 g/mol. The summed E-state index contributed by atoms with van der Waals surface area (Å²) in [6.07, 6.45) is 5.65. The van der Waals surface area contributed by atoms with Crippen molar-refractivity contribution in [1.82, 2.24) is 8.53 Å². The lowest BCUT2D eigenvalue weighted by Crippen LogP contribution is -1.86. The van der Waals surface area contributed by atoms with Gasteiger partial charge >= 0.3 is 16.5 Å². The Balaban J connectivity index is 2.93. The molecule has 2 rings (SSSR count). The highest BCUT2D eigenvalue weighted by Crippen LogP contribution is 2.10. The van der Waals surface area contributed by atoms with Crippen LogP contribution in [0.25, 0.3) is 10.9 Å². The van der Waals surface area contributed by atoms with Crippen LogP contribution in [0, 0.1) is 0 Å². The second-order valence-corrected chi connectivity index (χ2v) is 2.71. The Morgan fingerprint density at radius 2 is 2.30 bits per heavy atom. The second kappa shape index (κ2) is 2.12. The topological polar surface area (TPSA) is 17.8 Å². The van der Waals surface area contributed by atoms with Crippen molar-refractivity contribution in [1.29, 1.82) is 0 Å². The van der Waals surface area contributed by atoms with Crippen molar-refractivity contribution in [2.24, 2.45) is 0 Å². The molecule has 2 aromatic rings. The van der Waals surface area contributed by atoms with Crippen LogP contribution in [0.2, 0.25) is 0 Å². The third kappa shape index (κ3) is 0.757. The maximum atomic E-state index is 4.01. The summed E-state index contributed by atoms with van der Waals surface area (Å²) in [5, 5.41) is 1.23. The van der Waals surface area contributed by atoms with Gasteiger partial charge in [0.1, 0.15) is 0 Å². The van der Waals surface area contributed by atoms with E-state index in [0.717, 1.165) is 5.52 Å². The fourth-order valence-corrected chi connectivity index (χ4v) is 1.30. The number of pyridine rings is 1. The van der Waals surface area contributed by atoms with Gasteiger partial charge in [0.25, 0.3) is 0 Å². The van der Waals surface area contributed by atoms with E-state index in [1.165, 1.54) is 5.39 Å². The number of hydrogen-bond donors (Lipinski definition) is 0. The molecule has 2 aromatic heterocycles. The number of fused-ring (bicyclic) bond motifs is 1. The monoisotopic (exact) mass is 144 g/mol. The Morgan fingerprint density at radius 3 is 3.10 bits per heavy atom. The Morgan fingerprint density at radius 1 is 1.40 bits per heavy atom. The first-order valence-electron chi connectivity index (χ1n) is 3.04. The number of hydrogen-bond acceptors (Lipinski definition) is 1. The molecule has 46 valence electrons. The van der Waals surface area contributed by atoms with Gasteiger partial charge in [0.15, 0.2) is 0 Å². The van der Waals surface area contributed by atoms with Crippen LogP contribution in [0.15, 0.2) is 30.7 Å². The Kier molecular flexibility index (Phi) is 1.27. The van der Waals surface area contributed by atoms with Crippen molar-refractivity contribution in [3.05, 3.63) is 30.7 Å². The highest BCUT2D eigenvalue weighted by Gasteiger charge is 1.92. The molecule has 2 nitrogen and oxygen atoms in total. The normalized spacial score (nSPS) is 10.4. The summed E-state index contributed by atoms with van der Waals surface area (Å²) in [6, 6.07) is 4.06. The zero-order valence-electron chi connectivity index (χ0n) is 5.36. The van der Waals surface area contributed by atoms with Crippen molar-refractivity contribution in [2.45, 2.75) is 0 Å². The van der Waals surface area contributed by atoms with Crippen molar-refractivity contribution >= 4 is 27.4 Å². The minimum atomic E-state index is 1.15. The number of nitrogens with zero attached hydrogens (tertiary/aromatic N) is 2. The van der Waals surface area contributed by atoms with Gasteiger partial charge in [-0.05, 0) is 18.3 Å². The van der Waals surface area contributed by atoms with Crippen LogP contribution >= 0.6 is 0 Å². The molecule has 3 heteroatoms. The van der Waals surface area contributed by atoms with E-state index in [9.17, 15) is 0 Å². The molecule has 0 amide bonds. The molecule has 0 atom stereocenters. The molecule has 0 N–H and O–H groups in total. The molecule has 0 aliphatic heterocycles. The van der Waals surface area contributed by atoms with E-state index in [2.05, 4.69) is 27.6 Å². The lowest BCUT2D eigenvalue weighted by molar-refractivity contribution is 1.28. The van der Waals surface area contributed by atoms with Crippen LogP contribution in [0.1, 0.15) is 0 Å². The summed E-state index contributed by atoms with van der Waals surface area (Å²) < 4.78 is 1.97. The highest BCUT2D eigenvalue weighted by atomic mass is 27.1. The molecular formula is C7H5AlN2. The standard InChI is InChI=1S/C7H5N2.Al/c1-3-8-5-7-6(1)2-4-9-7;/h1-5H;/q-1;+1. The Labute approximate surface area is 67.1 Å². The van der Waals surface area contributed by atoms with Crippen molar-refractivity contribution in [3.63, 3.8) is 0 Å². The summed E-state index contributed by atoms with van der Waals surface area (Å²) in [5.74, 6) is 0. The van der Waals surface area contributed by atoms with E-state index in [0.29, 0.717) is 0 Å². The molecule has 0 aliphatic carbocycles. The molecule has 0 saturated heterocycles. The van der Waals surface area contributed by atoms with Crippen molar-refractivity contribution in [3.8, 4) is 0 Å². The van der Waals surface area contributed by atoms with Gasteiger partial charge in [0.2, 0.25) is 0 Å². The molecule has 0 aliphatic rings. The van der Waals surface area contributed by atoms with Crippen molar-refractivity contribution < 1.29 is 0 Å². The average Bonchev–Trinajstić information content (AvgIpc) is 2.34. The zero-order chi connectivity index (χ0) is 6.97. The van der Waals surface area contributed by atoms with E-state index in [4.69, 9.17) is 0 Å². The fraction of sp³-hybridized carbons (Fsp3) is 0. The van der Waals surface area contributed by atoms with E-state index in [1.54, 1.807) is 6.20 Å². The van der Waals surface area contributed by atoms with Crippen LogP contribution in [0.3, 0.4) is 0 Å². The maximum Gasteiger partial charge on any atom is 0.317 e. The largest absolute Gasteiger partial charge is 0.456 e. The lowest BCUT2D eigenvalue weighted by atomic mass is 10.3. The fourth-order valence-electron chi connectivity index (χ4n) is 0.994. The van der Waals surface area contributed by atoms with E-state index < -0.39 is 0 Å². The minimum absolute atomic E-state index is 1.15. The first kappa shape index (κ1) is 5.97. The predicted octanol–water partition coefficient (Wildman–Crippen LogP) is 0.968. The Bertz CT molecular complexity index is 353. The van der Waals surface area contributed by atoms with Crippen LogP contribution in [0.4, 0.5) is 0 Å². The summed E-state index contributed by atoms with van der Waals surface area (Å²) in [6.45, 7) is 0. The molecule has 2 radical (unpaired) electrons. The molecule has 0 fully saturated rings. The molecule has 0 saturated carbocycles. The second-order valence-electron chi connectivity index (χ2n) is 2.16. The summed E-state index contributed by atoms with van der Waals surface area (Å²) in [5.41, 5.74) is 1.15. The van der Waals surface area contributed by atoms with Gasteiger partial charge in [-0.1, -0.05) is 0 Å². The number of rotatable bonds is 0. The first-order valence-corrected chi connectivity index (χ1v) is 3.56. The summed E-state index contributed by atoms with van der Waals surface area (Å²) in [7, 11) is 0. The molecule has 0 spiro atoms. The van der Waals surface area contributed by atoms with Gasteiger partial charge < -0.3 is 3.55 Å². The van der Waals surface area contributed by atoms with E-state index >= 15 is 0 Å². The smallest absolute Gasteiger partial charge is 0.317 e. The van der Waals surface area contributed by atoms with Crippen LogP contribution in [-0.4, -0.2) is 25.0 Å².